The minimum Gasteiger partial charge on any atom is -0.462 e. The van der Waals surface area contributed by atoms with Crippen LogP contribution in [0, 0.1) is 0 Å². The predicted octanol–water partition coefficient (Wildman–Crippen LogP) is 4.07. The van der Waals surface area contributed by atoms with Gasteiger partial charge in [-0.25, -0.2) is 4.79 Å². The summed E-state index contributed by atoms with van der Waals surface area (Å²) in [4.78, 5) is 11.9. The number of alkyl halides is 1. The molecular formula is C13H14BrClO2. The van der Waals surface area contributed by atoms with E-state index in [-0.39, 0.29) is 5.97 Å². The van der Waals surface area contributed by atoms with Crippen LogP contribution in [0.4, 0.5) is 0 Å². The summed E-state index contributed by atoms with van der Waals surface area (Å²) in [5.74, 6) is -0.336. The average molecular weight is 318 g/mol. The fourth-order valence-electron chi connectivity index (χ4n) is 1.45. The highest BCUT2D eigenvalue weighted by Gasteiger charge is 2.18. The summed E-state index contributed by atoms with van der Waals surface area (Å²) in [5.41, 5.74) is 2.15. The zero-order chi connectivity index (χ0) is 12.8. The number of rotatable bonds is 4. The number of halogens is 2. The van der Waals surface area contributed by atoms with E-state index in [1.807, 2.05) is 25.1 Å². The van der Waals surface area contributed by atoms with Crippen LogP contribution >= 0.6 is 27.5 Å². The third-order valence-corrected chi connectivity index (χ3v) is 3.42. The molecule has 0 aliphatic carbocycles. The average Bonchev–Trinajstić information content (AvgIpc) is 2.32. The highest BCUT2D eigenvalue weighted by Crippen LogP contribution is 2.28. The van der Waals surface area contributed by atoms with E-state index in [1.165, 1.54) is 0 Å². The molecule has 1 aromatic rings. The zero-order valence-electron chi connectivity index (χ0n) is 9.80. The van der Waals surface area contributed by atoms with E-state index in [1.54, 1.807) is 13.0 Å². The lowest BCUT2D eigenvalue weighted by molar-refractivity contribution is -0.136. The lowest BCUT2D eigenvalue weighted by Gasteiger charge is -2.11. The molecule has 0 aliphatic heterocycles. The van der Waals surface area contributed by atoms with Crippen molar-refractivity contribution in [3.05, 3.63) is 40.4 Å². The molecule has 0 atom stereocenters. The summed E-state index contributed by atoms with van der Waals surface area (Å²) in [7, 11) is 0. The van der Waals surface area contributed by atoms with Gasteiger partial charge in [0.15, 0.2) is 0 Å². The van der Waals surface area contributed by atoms with Crippen molar-refractivity contribution in [1.29, 1.82) is 0 Å². The molecule has 4 heteroatoms. The molecule has 0 unspecified atom stereocenters. The first-order valence-corrected chi connectivity index (χ1v) is 6.79. The van der Waals surface area contributed by atoms with E-state index in [4.69, 9.17) is 16.3 Å². The van der Waals surface area contributed by atoms with Crippen LogP contribution in [-0.4, -0.2) is 17.9 Å². The van der Waals surface area contributed by atoms with Gasteiger partial charge in [0.05, 0.1) is 12.2 Å². The van der Waals surface area contributed by atoms with Crippen LogP contribution in [0.3, 0.4) is 0 Å². The lowest BCUT2D eigenvalue weighted by atomic mass is 10.0. The number of allylic oxidation sites excluding steroid dienone is 1. The van der Waals surface area contributed by atoms with Crippen molar-refractivity contribution in [2.75, 3.05) is 11.9 Å². The van der Waals surface area contributed by atoms with Gasteiger partial charge in [0.25, 0.3) is 0 Å². The predicted molar refractivity (Wildman–Crippen MR) is 74.5 cm³/mol. The maximum atomic E-state index is 11.9. The Balaban J connectivity index is 3.27. The van der Waals surface area contributed by atoms with E-state index >= 15 is 0 Å². The normalized spacial score (nSPS) is 12.0. The first-order chi connectivity index (χ1) is 8.11. The van der Waals surface area contributed by atoms with Gasteiger partial charge < -0.3 is 4.74 Å². The SMILES string of the molecule is CCOC(=O)/C(=C(\C)CBr)c1ccccc1Cl. The third-order valence-electron chi connectivity index (χ3n) is 2.25. The van der Waals surface area contributed by atoms with Crippen molar-refractivity contribution in [1.82, 2.24) is 0 Å². The first kappa shape index (κ1) is 14.3. The van der Waals surface area contributed by atoms with Gasteiger partial charge in [0.1, 0.15) is 0 Å². The van der Waals surface area contributed by atoms with Crippen LogP contribution in [-0.2, 0) is 9.53 Å². The highest BCUT2D eigenvalue weighted by molar-refractivity contribution is 9.09. The smallest absolute Gasteiger partial charge is 0.338 e. The fourth-order valence-corrected chi connectivity index (χ4v) is 1.96. The topological polar surface area (TPSA) is 26.3 Å². The van der Waals surface area contributed by atoms with Crippen molar-refractivity contribution < 1.29 is 9.53 Å². The van der Waals surface area contributed by atoms with E-state index < -0.39 is 0 Å². The van der Waals surface area contributed by atoms with E-state index in [0.717, 1.165) is 5.57 Å². The van der Waals surface area contributed by atoms with Crippen LogP contribution in [0.1, 0.15) is 19.4 Å². The standard InChI is InChI=1S/C13H14BrClO2/c1-3-17-13(16)12(9(2)8-14)10-6-4-5-7-11(10)15/h4-7H,3,8H2,1-2H3/b12-9+. The van der Waals surface area contributed by atoms with Gasteiger partial charge in [-0.15, -0.1) is 0 Å². The number of hydrogen-bond acceptors (Lipinski definition) is 2. The maximum absolute atomic E-state index is 11.9. The van der Waals surface area contributed by atoms with Crippen LogP contribution in [0.2, 0.25) is 5.02 Å². The van der Waals surface area contributed by atoms with Crippen molar-refractivity contribution in [3.8, 4) is 0 Å². The van der Waals surface area contributed by atoms with Crippen molar-refractivity contribution in [2.45, 2.75) is 13.8 Å². The van der Waals surface area contributed by atoms with Gasteiger partial charge in [-0.3, -0.25) is 0 Å². The highest BCUT2D eigenvalue weighted by atomic mass is 79.9. The molecule has 0 radical (unpaired) electrons. The first-order valence-electron chi connectivity index (χ1n) is 5.29. The van der Waals surface area contributed by atoms with Crippen molar-refractivity contribution in [2.24, 2.45) is 0 Å². The monoisotopic (exact) mass is 316 g/mol. The summed E-state index contributed by atoms with van der Waals surface area (Å²) < 4.78 is 5.06. The number of carbonyl (C=O) groups is 1. The van der Waals surface area contributed by atoms with Gasteiger partial charge in [0, 0.05) is 15.9 Å². The molecule has 0 heterocycles. The molecule has 0 saturated carbocycles. The minimum atomic E-state index is -0.336. The van der Waals surface area contributed by atoms with Crippen LogP contribution in [0.5, 0.6) is 0 Å². The van der Waals surface area contributed by atoms with E-state index in [9.17, 15) is 4.79 Å². The Bertz CT molecular complexity index is 441. The summed E-state index contributed by atoms with van der Waals surface area (Å²) in [6.07, 6.45) is 0. The molecule has 0 amide bonds. The minimum absolute atomic E-state index is 0.336. The van der Waals surface area contributed by atoms with Crippen LogP contribution < -0.4 is 0 Å². The largest absolute Gasteiger partial charge is 0.462 e. The number of esters is 1. The molecule has 0 aliphatic rings. The molecule has 2 nitrogen and oxygen atoms in total. The molecule has 0 saturated heterocycles. The molecule has 17 heavy (non-hydrogen) atoms. The molecule has 1 aromatic carbocycles. The Morgan fingerprint density at radius 1 is 1.41 bits per heavy atom. The Labute approximate surface area is 115 Å². The quantitative estimate of drug-likeness (QED) is 0.475. The van der Waals surface area contributed by atoms with Gasteiger partial charge in [-0.2, -0.15) is 0 Å². The molecule has 0 bridgehead atoms. The molecule has 92 valence electrons. The maximum Gasteiger partial charge on any atom is 0.338 e. The van der Waals surface area contributed by atoms with Gasteiger partial charge in [-0.1, -0.05) is 45.7 Å². The van der Waals surface area contributed by atoms with Crippen LogP contribution in [0.15, 0.2) is 29.8 Å². The second kappa shape index (κ2) is 6.82. The Kier molecular flexibility index (Phi) is 5.72. The molecular weight excluding hydrogens is 303 g/mol. The summed E-state index contributed by atoms with van der Waals surface area (Å²) in [5, 5.41) is 1.16. The van der Waals surface area contributed by atoms with E-state index in [2.05, 4.69) is 15.9 Å². The number of hydrogen-bond donors (Lipinski definition) is 0. The second-order valence-electron chi connectivity index (χ2n) is 3.49. The summed E-state index contributed by atoms with van der Waals surface area (Å²) >= 11 is 9.45. The van der Waals surface area contributed by atoms with Crippen molar-refractivity contribution in [3.63, 3.8) is 0 Å². The lowest BCUT2D eigenvalue weighted by Crippen LogP contribution is -2.09. The zero-order valence-corrected chi connectivity index (χ0v) is 12.1. The summed E-state index contributed by atoms with van der Waals surface area (Å²) in [6.45, 7) is 4.01. The van der Waals surface area contributed by atoms with E-state index in [0.29, 0.717) is 28.1 Å². The second-order valence-corrected chi connectivity index (χ2v) is 4.46. The van der Waals surface area contributed by atoms with Gasteiger partial charge in [0.2, 0.25) is 0 Å². The molecule has 0 fully saturated rings. The van der Waals surface area contributed by atoms with Crippen molar-refractivity contribution >= 4 is 39.1 Å². The third kappa shape index (κ3) is 3.58. The fraction of sp³-hybridized carbons (Fsp3) is 0.308. The Morgan fingerprint density at radius 3 is 2.59 bits per heavy atom. The molecule has 0 spiro atoms. The number of carbonyl (C=O) groups excluding carboxylic acids is 1. The number of benzene rings is 1. The van der Waals surface area contributed by atoms with Gasteiger partial charge >= 0.3 is 5.97 Å². The Hall–Kier alpha value is -0.800. The summed E-state index contributed by atoms with van der Waals surface area (Å²) in [6, 6.07) is 7.26. The van der Waals surface area contributed by atoms with Gasteiger partial charge in [-0.05, 0) is 25.5 Å². The van der Waals surface area contributed by atoms with Crippen LogP contribution in [0.25, 0.3) is 5.57 Å². The Morgan fingerprint density at radius 2 is 2.06 bits per heavy atom. The molecule has 0 aromatic heterocycles. The number of ether oxygens (including phenoxy) is 1. The molecule has 0 N–H and O–H groups in total. The molecule has 1 rings (SSSR count).